The summed E-state index contributed by atoms with van der Waals surface area (Å²) in [4.78, 5) is 0. The van der Waals surface area contributed by atoms with Crippen LogP contribution in [0.15, 0.2) is 41.5 Å². The SMILES string of the molecule is Cc1cc2c(cc1Cl)CC(c1cccc(/C(=N/N)NN)c1)O2. The topological polar surface area (TPSA) is 85.7 Å². The largest absolute Gasteiger partial charge is 0.485 e. The van der Waals surface area contributed by atoms with E-state index in [9.17, 15) is 0 Å². The van der Waals surface area contributed by atoms with E-state index in [-0.39, 0.29) is 6.10 Å². The van der Waals surface area contributed by atoms with Crippen LogP contribution in [0.4, 0.5) is 0 Å². The molecule has 22 heavy (non-hydrogen) atoms. The third kappa shape index (κ3) is 2.61. The summed E-state index contributed by atoms with van der Waals surface area (Å²) < 4.78 is 6.05. The van der Waals surface area contributed by atoms with Crippen LogP contribution in [0.2, 0.25) is 5.02 Å². The van der Waals surface area contributed by atoms with Gasteiger partial charge in [-0.25, -0.2) is 5.84 Å². The Morgan fingerprint density at radius 3 is 2.91 bits per heavy atom. The van der Waals surface area contributed by atoms with E-state index in [1.54, 1.807) is 0 Å². The first-order valence-electron chi connectivity index (χ1n) is 6.93. The van der Waals surface area contributed by atoms with Gasteiger partial charge in [0.05, 0.1) is 0 Å². The number of rotatable bonds is 2. The molecule has 0 radical (unpaired) electrons. The molecule has 2 aromatic carbocycles. The van der Waals surface area contributed by atoms with E-state index in [4.69, 9.17) is 28.0 Å². The second-order valence-corrected chi connectivity index (χ2v) is 5.67. The van der Waals surface area contributed by atoms with Crippen molar-refractivity contribution in [3.63, 3.8) is 0 Å². The zero-order valence-electron chi connectivity index (χ0n) is 12.1. The van der Waals surface area contributed by atoms with Crippen molar-refractivity contribution in [2.24, 2.45) is 16.8 Å². The fourth-order valence-corrected chi connectivity index (χ4v) is 2.81. The fraction of sp³-hybridized carbons (Fsp3) is 0.188. The summed E-state index contributed by atoms with van der Waals surface area (Å²) in [7, 11) is 0. The number of hydrogen-bond acceptors (Lipinski definition) is 4. The summed E-state index contributed by atoms with van der Waals surface area (Å²) in [6.07, 6.45) is 0.730. The van der Waals surface area contributed by atoms with E-state index in [2.05, 4.69) is 10.5 Å². The van der Waals surface area contributed by atoms with Crippen molar-refractivity contribution in [1.82, 2.24) is 5.43 Å². The number of nitrogens with two attached hydrogens (primary N) is 2. The molecule has 1 unspecified atom stereocenters. The van der Waals surface area contributed by atoms with Crippen LogP contribution in [0.5, 0.6) is 5.75 Å². The summed E-state index contributed by atoms with van der Waals surface area (Å²) in [5.74, 6) is 12.1. The number of fused-ring (bicyclic) bond motifs is 1. The number of hydrazine groups is 1. The molecule has 1 aliphatic rings. The standard InChI is InChI=1S/C16H17ClN4O/c1-9-5-14-12(7-13(9)17)8-15(22-14)10-3-2-4-11(6-10)16(20-18)21-19/h2-7,15H,8,18-19H2,1H3,(H,20,21). The molecule has 1 atom stereocenters. The summed E-state index contributed by atoms with van der Waals surface area (Å²) >= 11 is 6.18. The summed E-state index contributed by atoms with van der Waals surface area (Å²) in [5, 5.41) is 4.39. The molecule has 0 spiro atoms. The van der Waals surface area contributed by atoms with Gasteiger partial charge >= 0.3 is 0 Å². The number of halogens is 1. The highest BCUT2D eigenvalue weighted by Crippen LogP contribution is 2.39. The predicted molar refractivity (Wildman–Crippen MR) is 87.8 cm³/mol. The van der Waals surface area contributed by atoms with Gasteiger partial charge in [-0.05, 0) is 41.8 Å². The van der Waals surface area contributed by atoms with Gasteiger partial charge in [-0.1, -0.05) is 29.8 Å². The summed E-state index contributed by atoms with van der Waals surface area (Å²) in [6.45, 7) is 1.97. The Hall–Kier alpha value is -2.24. The van der Waals surface area contributed by atoms with Gasteiger partial charge in [-0.3, -0.25) is 0 Å². The number of aryl methyl sites for hydroxylation is 1. The molecule has 0 amide bonds. The number of hydrogen-bond donors (Lipinski definition) is 3. The predicted octanol–water partition coefficient (Wildman–Crippen LogP) is 2.41. The molecule has 5 N–H and O–H groups in total. The molecule has 6 heteroatoms. The lowest BCUT2D eigenvalue weighted by molar-refractivity contribution is 0.238. The summed E-state index contributed by atoms with van der Waals surface area (Å²) in [6, 6.07) is 11.8. The molecule has 114 valence electrons. The quantitative estimate of drug-likeness (QED) is 0.344. The molecule has 5 nitrogen and oxygen atoms in total. The van der Waals surface area contributed by atoms with Crippen molar-refractivity contribution in [2.45, 2.75) is 19.4 Å². The number of ether oxygens (including phenoxy) is 1. The van der Waals surface area contributed by atoms with E-state index >= 15 is 0 Å². The molecule has 0 saturated carbocycles. The van der Waals surface area contributed by atoms with Crippen LogP contribution in [0.1, 0.15) is 28.4 Å². The molecule has 0 fully saturated rings. The van der Waals surface area contributed by atoms with Gasteiger partial charge in [0.15, 0.2) is 5.84 Å². The van der Waals surface area contributed by atoms with Gasteiger partial charge < -0.3 is 16.0 Å². The van der Waals surface area contributed by atoms with Crippen molar-refractivity contribution in [2.75, 3.05) is 0 Å². The van der Waals surface area contributed by atoms with Gasteiger partial charge in [0.2, 0.25) is 0 Å². The van der Waals surface area contributed by atoms with Gasteiger partial charge in [-0.15, -0.1) is 0 Å². The van der Waals surface area contributed by atoms with Crippen molar-refractivity contribution >= 4 is 17.4 Å². The minimum atomic E-state index is -0.0513. The zero-order valence-corrected chi connectivity index (χ0v) is 12.9. The Morgan fingerprint density at radius 2 is 2.18 bits per heavy atom. The molecular weight excluding hydrogens is 300 g/mol. The first kappa shape index (κ1) is 14.7. The molecular formula is C16H17ClN4O. The van der Waals surface area contributed by atoms with Gasteiger partial charge in [-0.2, -0.15) is 5.10 Å². The average Bonchev–Trinajstić information content (AvgIpc) is 2.92. The Labute approximate surface area is 133 Å². The Bertz CT molecular complexity index is 714. The molecule has 0 bridgehead atoms. The highest BCUT2D eigenvalue weighted by atomic mass is 35.5. The van der Waals surface area contributed by atoms with Crippen molar-refractivity contribution < 1.29 is 4.74 Å². The minimum Gasteiger partial charge on any atom is -0.485 e. The van der Waals surface area contributed by atoms with E-state index in [0.717, 1.165) is 39.4 Å². The van der Waals surface area contributed by atoms with Gasteiger partial charge in [0.25, 0.3) is 0 Å². The molecule has 0 aromatic heterocycles. The highest BCUT2D eigenvalue weighted by Gasteiger charge is 2.25. The Kier molecular flexibility index (Phi) is 3.92. The van der Waals surface area contributed by atoms with E-state index < -0.39 is 0 Å². The van der Waals surface area contributed by atoms with Crippen LogP contribution in [0, 0.1) is 6.92 Å². The highest BCUT2D eigenvalue weighted by molar-refractivity contribution is 6.31. The first-order chi connectivity index (χ1) is 10.6. The van der Waals surface area contributed by atoms with Gasteiger partial charge in [0, 0.05) is 17.0 Å². The van der Waals surface area contributed by atoms with Gasteiger partial charge in [0.1, 0.15) is 11.9 Å². The molecule has 0 aliphatic carbocycles. The van der Waals surface area contributed by atoms with Crippen LogP contribution in [-0.2, 0) is 6.42 Å². The first-order valence-corrected chi connectivity index (χ1v) is 7.30. The van der Waals surface area contributed by atoms with Crippen LogP contribution < -0.4 is 21.8 Å². The second kappa shape index (κ2) is 5.87. The number of benzene rings is 2. The summed E-state index contributed by atoms with van der Waals surface area (Å²) in [5.41, 5.74) is 6.48. The normalized spacial score (nSPS) is 17.0. The zero-order chi connectivity index (χ0) is 15.7. The van der Waals surface area contributed by atoms with E-state index in [0.29, 0.717) is 5.84 Å². The molecule has 0 saturated heterocycles. The number of amidine groups is 1. The van der Waals surface area contributed by atoms with Crippen LogP contribution in [-0.4, -0.2) is 5.84 Å². The monoisotopic (exact) mass is 316 g/mol. The van der Waals surface area contributed by atoms with Crippen LogP contribution in [0.25, 0.3) is 0 Å². The van der Waals surface area contributed by atoms with E-state index in [1.807, 2.05) is 43.3 Å². The number of nitrogens with zero attached hydrogens (tertiary/aromatic N) is 1. The number of nitrogens with one attached hydrogen (secondary N) is 1. The fourth-order valence-electron chi connectivity index (χ4n) is 2.63. The molecule has 2 aromatic rings. The maximum Gasteiger partial charge on any atom is 0.166 e. The second-order valence-electron chi connectivity index (χ2n) is 5.27. The van der Waals surface area contributed by atoms with E-state index in [1.165, 1.54) is 0 Å². The van der Waals surface area contributed by atoms with Crippen LogP contribution in [0.3, 0.4) is 0 Å². The smallest absolute Gasteiger partial charge is 0.166 e. The third-order valence-electron chi connectivity index (χ3n) is 3.81. The van der Waals surface area contributed by atoms with Crippen molar-refractivity contribution in [3.05, 3.63) is 63.7 Å². The Morgan fingerprint density at radius 1 is 1.36 bits per heavy atom. The van der Waals surface area contributed by atoms with Crippen molar-refractivity contribution in [1.29, 1.82) is 0 Å². The maximum absolute atomic E-state index is 6.18. The maximum atomic E-state index is 6.18. The molecule has 1 aliphatic heterocycles. The molecule has 3 rings (SSSR count). The van der Waals surface area contributed by atoms with Crippen molar-refractivity contribution in [3.8, 4) is 5.75 Å². The third-order valence-corrected chi connectivity index (χ3v) is 4.22. The van der Waals surface area contributed by atoms with Crippen LogP contribution >= 0.6 is 11.6 Å². The number of hydrazone groups is 1. The lowest BCUT2D eigenvalue weighted by Crippen LogP contribution is -2.32. The lowest BCUT2D eigenvalue weighted by Gasteiger charge is -2.13. The average molecular weight is 317 g/mol. The lowest BCUT2D eigenvalue weighted by atomic mass is 10.0. The Balaban J connectivity index is 1.90. The minimum absolute atomic E-state index is 0.0513. The molecule has 1 heterocycles.